The van der Waals surface area contributed by atoms with Gasteiger partial charge in [-0.15, -0.1) is 0 Å². The Bertz CT molecular complexity index is 994. The molecule has 0 aliphatic rings. The zero-order valence-electron chi connectivity index (χ0n) is 11.4. The topological polar surface area (TPSA) is 106 Å². The Balaban J connectivity index is 1.78. The number of nitrogens with two attached hydrogens (primary N) is 2. The molecule has 0 fully saturated rings. The Morgan fingerprint density at radius 3 is 2.55 bits per heavy atom. The number of nitrogens with zero attached hydrogens (tertiary/aromatic N) is 3. The van der Waals surface area contributed by atoms with Crippen molar-refractivity contribution in [1.82, 2.24) is 19.9 Å². The second-order valence-electron chi connectivity index (χ2n) is 4.84. The lowest BCUT2D eigenvalue weighted by Gasteiger charge is -2.06. The first-order chi connectivity index (χ1) is 10.7. The Hall–Kier alpha value is -2.80. The van der Waals surface area contributed by atoms with E-state index in [2.05, 4.69) is 32.1 Å². The van der Waals surface area contributed by atoms with Gasteiger partial charge in [-0.1, -0.05) is 24.3 Å². The predicted octanol–water partition coefficient (Wildman–Crippen LogP) is 2.82. The largest absolute Gasteiger partial charge is 0.398 e. The number of hydrogen-bond donors (Lipinski definition) is 3. The maximum absolute atomic E-state index is 6.14. The van der Waals surface area contributed by atoms with Crippen LogP contribution in [0.4, 0.5) is 11.5 Å². The molecular formula is C15H12N6S. The number of hydrogen-bond acceptors (Lipinski definition) is 6. The Morgan fingerprint density at radius 2 is 1.77 bits per heavy atom. The van der Waals surface area contributed by atoms with E-state index in [9.17, 15) is 0 Å². The van der Waals surface area contributed by atoms with Crippen LogP contribution in [0.25, 0.3) is 21.9 Å². The quantitative estimate of drug-likeness (QED) is 0.492. The van der Waals surface area contributed by atoms with Crippen molar-refractivity contribution in [1.29, 1.82) is 0 Å². The maximum Gasteiger partial charge on any atom is 0.183 e. The predicted molar refractivity (Wildman–Crippen MR) is 88.6 cm³/mol. The molecule has 0 bridgehead atoms. The summed E-state index contributed by atoms with van der Waals surface area (Å²) in [6.45, 7) is 0. The number of anilines is 2. The van der Waals surface area contributed by atoms with Crippen molar-refractivity contribution < 1.29 is 0 Å². The number of fused-ring (bicyclic) bond motifs is 2. The molecule has 0 saturated carbocycles. The van der Waals surface area contributed by atoms with Crippen molar-refractivity contribution in [2.75, 3.05) is 11.5 Å². The van der Waals surface area contributed by atoms with Crippen LogP contribution >= 0.6 is 11.8 Å². The van der Waals surface area contributed by atoms with Gasteiger partial charge >= 0.3 is 0 Å². The standard InChI is InChI=1S/C15H12N6S/c16-10-5-8-3-1-2-4-9(8)6-11(10)22-15-20-12-13(17)18-7-19-14(12)21-15/h1-7H,16H2,(H3,17,18,19,20,21). The second kappa shape index (κ2) is 4.88. The van der Waals surface area contributed by atoms with Gasteiger partial charge in [0.1, 0.15) is 11.8 Å². The molecule has 0 spiro atoms. The minimum atomic E-state index is 0.385. The molecule has 0 atom stereocenters. The van der Waals surface area contributed by atoms with Gasteiger partial charge in [0.2, 0.25) is 0 Å². The summed E-state index contributed by atoms with van der Waals surface area (Å²) in [5.41, 5.74) is 13.9. The Labute approximate surface area is 130 Å². The molecule has 4 rings (SSSR count). The molecule has 2 aromatic carbocycles. The summed E-state index contributed by atoms with van der Waals surface area (Å²) in [4.78, 5) is 16.5. The molecule has 22 heavy (non-hydrogen) atoms. The first-order valence-corrected chi connectivity index (χ1v) is 7.44. The van der Waals surface area contributed by atoms with E-state index in [0.29, 0.717) is 27.8 Å². The number of H-pyrrole nitrogens is 1. The first-order valence-electron chi connectivity index (χ1n) is 6.63. The zero-order chi connectivity index (χ0) is 15.1. The molecule has 108 valence electrons. The van der Waals surface area contributed by atoms with Crippen molar-refractivity contribution in [3.05, 3.63) is 42.7 Å². The summed E-state index contributed by atoms with van der Waals surface area (Å²) < 4.78 is 0. The molecule has 6 nitrogen and oxygen atoms in total. The third-order valence-corrected chi connectivity index (χ3v) is 4.34. The molecule has 2 aromatic heterocycles. The van der Waals surface area contributed by atoms with Crippen LogP contribution < -0.4 is 11.5 Å². The number of benzene rings is 2. The normalized spacial score (nSPS) is 11.3. The molecule has 0 radical (unpaired) electrons. The van der Waals surface area contributed by atoms with Crippen molar-refractivity contribution in [2.24, 2.45) is 0 Å². The molecule has 7 heteroatoms. The van der Waals surface area contributed by atoms with Crippen molar-refractivity contribution in [3.63, 3.8) is 0 Å². The van der Waals surface area contributed by atoms with Crippen LogP contribution in [-0.4, -0.2) is 19.9 Å². The van der Waals surface area contributed by atoms with E-state index in [-0.39, 0.29) is 0 Å². The van der Waals surface area contributed by atoms with Crippen LogP contribution in [0.3, 0.4) is 0 Å². The van der Waals surface area contributed by atoms with Gasteiger partial charge in [0, 0.05) is 10.6 Å². The van der Waals surface area contributed by atoms with E-state index in [4.69, 9.17) is 11.5 Å². The third kappa shape index (κ3) is 2.11. The summed E-state index contributed by atoms with van der Waals surface area (Å²) in [6.07, 6.45) is 1.40. The smallest absolute Gasteiger partial charge is 0.183 e. The lowest BCUT2D eigenvalue weighted by molar-refractivity contribution is 1.07. The van der Waals surface area contributed by atoms with Gasteiger partial charge in [0.25, 0.3) is 0 Å². The summed E-state index contributed by atoms with van der Waals surface area (Å²) in [5.74, 6) is 0.385. The Morgan fingerprint density at radius 1 is 1.00 bits per heavy atom. The van der Waals surface area contributed by atoms with E-state index in [0.717, 1.165) is 15.7 Å². The molecular weight excluding hydrogens is 296 g/mol. The van der Waals surface area contributed by atoms with Gasteiger partial charge in [-0.05, 0) is 34.7 Å². The van der Waals surface area contributed by atoms with Crippen molar-refractivity contribution >= 4 is 45.2 Å². The summed E-state index contributed by atoms with van der Waals surface area (Å²) in [7, 11) is 0. The molecule has 0 aliphatic carbocycles. The molecule has 0 saturated heterocycles. The molecule has 0 amide bonds. The van der Waals surface area contributed by atoms with Gasteiger partial charge < -0.3 is 16.5 Å². The van der Waals surface area contributed by atoms with Crippen LogP contribution in [0.5, 0.6) is 0 Å². The highest BCUT2D eigenvalue weighted by Crippen LogP contribution is 2.34. The van der Waals surface area contributed by atoms with Gasteiger partial charge in [-0.25, -0.2) is 15.0 Å². The highest BCUT2D eigenvalue weighted by molar-refractivity contribution is 7.99. The van der Waals surface area contributed by atoms with E-state index in [1.807, 2.05) is 24.3 Å². The van der Waals surface area contributed by atoms with Crippen molar-refractivity contribution in [2.45, 2.75) is 10.1 Å². The number of nitrogens with one attached hydrogen (secondary N) is 1. The van der Waals surface area contributed by atoms with Crippen LogP contribution in [0.1, 0.15) is 0 Å². The molecule has 4 aromatic rings. The molecule has 0 aliphatic heterocycles. The van der Waals surface area contributed by atoms with E-state index < -0.39 is 0 Å². The monoisotopic (exact) mass is 308 g/mol. The lowest BCUT2D eigenvalue weighted by Crippen LogP contribution is -1.91. The average Bonchev–Trinajstić information content (AvgIpc) is 2.92. The van der Waals surface area contributed by atoms with Crippen LogP contribution in [0, 0.1) is 0 Å². The van der Waals surface area contributed by atoms with Crippen LogP contribution in [0.15, 0.2) is 52.8 Å². The SMILES string of the molecule is Nc1cc2ccccc2cc1Sc1nc2ncnc(N)c2[nH]1. The number of rotatable bonds is 2. The fourth-order valence-corrected chi connectivity index (χ4v) is 3.16. The van der Waals surface area contributed by atoms with E-state index in [1.54, 1.807) is 0 Å². The number of aromatic nitrogens is 4. The number of imidazole rings is 1. The highest BCUT2D eigenvalue weighted by atomic mass is 32.2. The Kier molecular flexibility index (Phi) is 2.87. The highest BCUT2D eigenvalue weighted by Gasteiger charge is 2.11. The van der Waals surface area contributed by atoms with Crippen molar-refractivity contribution in [3.8, 4) is 0 Å². The number of nitrogen functional groups attached to an aromatic ring is 2. The molecule has 0 unspecified atom stereocenters. The fourth-order valence-electron chi connectivity index (χ4n) is 2.30. The first kappa shape index (κ1) is 12.9. The average molecular weight is 308 g/mol. The number of aromatic amines is 1. The zero-order valence-corrected chi connectivity index (χ0v) is 12.3. The minimum absolute atomic E-state index is 0.385. The summed E-state index contributed by atoms with van der Waals surface area (Å²) >= 11 is 1.45. The molecule has 2 heterocycles. The minimum Gasteiger partial charge on any atom is -0.398 e. The van der Waals surface area contributed by atoms with Crippen LogP contribution in [-0.2, 0) is 0 Å². The van der Waals surface area contributed by atoms with Gasteiger partial charge in [0.15, 0.2) is 16.6 Å². The fraction of sp³-hybridized carbons (Fsp3) is 0. The summed E-state index contributed by atoms with van der Waals surface area (Å²) in [6, 6.07) is 12.1. The molecule has 5 N–H and O–H groups in total. The van der Waals surface area contributed by atoms with Crippen LogP contribution in [0.2, 0.25) is 0 Å². The lowest BCUT2D eigenvalue weighted by atomic mass is 10.1. The van der Waals surface area contributed by atoms with Gasteiger partial charge in [-0.2, -0.15) is 0 Å². The second-order valence-corrected chi connectivity index (χ2v) is 5.87. The van der Waals surface area contributed by atoms with E-state index in [1.165, 1.54) is 18.1 Å². The maximum atomic E-state index is 6.14. The summed E-state index contributed by atoms with van der Waals surface area (Å²) in [5, 5.41) is 2.93. The van der Waals surface area contributed by atoms with Gasteiger partial charge in [0.05, 0.1) is 0 Å². The van der Waals surface area contributed by atoms with E-state index >= 15 is 0 Å². The third-order valence-electron chi connectivity index (χ3n) is 3.38. The van der Waals surface area contributed by atoms with Gasteiger partial charge in [-0.3, -0.25) is 0 Å².